The molecule has 0 saturated carbocycles. The van der Waals surface area contributed by atoms with Crippen LogP contribution in [-0.2, 0) is 6.61 Å². The smallest absolute Gasteiger partial charge is 0.130 e. The van der Waals surface area contributed by atoms with Gasteiger partial charge in [0.25, 0.3) is 0 Å². The number of aromatic nitrogens is 3. The maximum absolute atomic E-state index is 12.9. The molecule has 1 N–H and O–H groups in total. The molecule has 19 heavy (non-hydrogen) atoms. The first kappa shape index (κ1) is 12.1. The van der Waals surface area contributed by atoms with Crippen LogP contribution in [-0.4, -0.2) is 19.9 Å². The van der Waals surface area contributed by atoms with Gasteiger partial charge in [0.1, 0.15) is 11.0 Å². The van der Waals surface area contributed by atoms with E-state index < -0.39 is 0 Å². The Labute approximate surface area is 113 Å². The van der Waals surface area contributed by atoms with Crippen molar-refractivity contribution in [3.05, 3.63) is 53.2 Å². The highest BCUT2D eigenvalue weighted by molar-refractivity contribution is 6.30. The van der Waals surface area contributed by atoms with E-state index in [0.717, 1.165) is 5.39 Å². The summed E-state index contributed by atoms with van der Waals surface area (Å²) in [5, 5.41) is 14.7. The number of aliphatic hydroxyl groups excluding tert-OH is 1. The molecule has 0 radical (unpaired) electrons. The number of aliphatic hydroxyl groups is 1. The third-order valence-corrected chi connectivity index (χ3v) is 3.00. The van der Waals surface area contributed by atoms with Crippen LogP contribution in [0.2, 0.25) is 5.15 Å². The van der Waals surface area contributed by atoms with Crippen molar-refractivity contribution in [2.45, 2.75) is 6.61 Å². The fourth-order valence-electron chi connectivity index (χ4n) is 1.99. The Bertz CT molecular complexity index is 739. The molecule has 4 nitrogen and oxygen atoms in total. The Hall–Kier alpha value is -1.98. The predicted molar refractivity (Wildman–Crippen MR) is 69.8 cm³/mol. The van der Waals surface area contributed by atoms with Crippen molar-refractivity contribution in [2.75, 3.05) is 0 Å². The number of fused-ring (bicyclic) bond motifs is 1. The summed E-state index contributed by atoms with van der Waals surface area (Å²) >= 11 is 5.87. The van der Waals surface area contributed by atoms with Crippen LogP contribution in [0.1, 0.15) is 5.69 Å². The second-order valence-corrected chi connectivity index (χ2v) is 4.41. The van der Waals surface area contributed by atoms with Crippen molar-refractivity contribution < 1.29 is 9.50 Å². The van der Waals surface area contributed by atoms with Gasteiger partial charge < -0.3 is 5.11 Å². The Kier molecular flexibility index (Phi) is 2.93. The quantitative estimate of drug-likeness (QED) is 0.733. The van der Waals surface area contributed by atoms with E-state index in [0.29, 0.717) is 22.1 Å². The fourth-order valence-corrected chi connectivity index (χ4v) is 2.21. The number of halogens is 2. The average Bonchev–Trinajstić information content (AvgIpc) is 2.82. The summed E-state index contributed by atoms with van der Waals surface area (Å²) in [7, 11) is 0. The molecule has 1 aromatic carbocycles. The Morgan fingerprint density at radius 1 is 1.26 bits per heavy atom. The summed E-state index contributed by atoms with van der Waals surface area (Å²) in [4.78, 5) is 4.08. The molecule has 0 saturated heterocycles. The first-order valence-corrected chi connectivity index (χ1v) is 5.97. The number of pyridine rings is 1. The number of benzene rings is 1. The first-order valence-electron chi connectivity index (χ1n) is 5.59. The maximum atomic E-state index is 12.9. The van der Waals surface area contributed by atoms with Gasteiger partial charge in [0.05, 0.1) is 29.7 Å². The molecule has 0 aliphatic rings. The molecule has 0 bridgehead atoms. The summed E-state index contributed by atoms with van der Waals surface area (Å²) in [5.41, 5.74) is 1.79. The van der Waals surface area contributed by atoms with Gasteiger partial charge >= 0.3 is 0 Å². The maximum Gasteiger partial charge on any atom is 0.130 e. The minimum atomic E-state index is -0.316. The zero-order valence-corrected chi connectivity index (χ0v) is 10.5. The lowest BCUT2D eigenvalue weighted by atomic mass is 10.2. The van der Waals surface area contributed by atoms with E-state index in [1.807, 2.05) is 0 Å². The van der Waals surface area contributed by atoms with Crippen LogP contribution in [0.5, 0.6) is 0 Å². The zero-order valence-electron chi connectivity index (χ0n) is 9.72. The number of hydrogen-bond acceptors (Lipinski definition) is 3. The van der Waals surface area contributed by atoms with Gasteiger partial charge in [0.15, 0.2) is 0 Å². The van der Waals surface area contributed by atoms with Gasteiger partial charge in [0.2, 0.25) is 0 Å². The van der Waals surface area contributed by atoms with E-state index in [4.69, 9.17) is 11.6 Å². The van der Waals surface area contributed by atoms with E-state index in [9.17, 15) is 9.50 Å². The van der Waals surface area contributed by atoms with Crippen LogP contribution in [0.4, 0.5) is 4.39 Å². The molecule has 3 rings (SSSR count). The number of nitrogens with zero attached hydrogens (tertiary/aromatic N) is 3. The highest BCUT2D eigenvalue weighted by Gasteiger charge is 2.12. The lowest BCUT2D eigenvalue weighted by Crippen LogP contribution is -2.01. The standard InChI is InChI=1S/C13H9ClFN3O/c14-12-5-8-6-16-18(13(8)11(7-19)17-12)10-3-1-9(15)2-4-10/h1-6,19H,7H2. The van der Waals surface area contributed by atoms with Crippen LogP contribution >= 0.6 is 11.6 Å². The van der Waals surface area contributed by atoms with E-state index >= 15 is 0 Å². The van der Waals surface area contributed by atoms with Crippen LogP contribution in [0.15, 0.2) is 36.5 Å². The molecule has 0 atom stereocenters. The van der Waals surface area contributed by atoms with Crippen LogP contribution < -0.4 is 0 Å². The van der Waals surface area contributed by atoms with E-state index in [1.165, 1.54) is 12.1 Å². The third-order valence-electron chi connectivity index (χ3n) is 2.81. The Balaban J connectivity index is 2.27. The summed E-state index contributed by atoms with van der Waals surface area (Å²) in [6.45, 7) is -0.246. The second kappa shape index (κ2) is 4.60. The molecular formula is C13H9ClFN3O. The third kappa shape index (κ3) is 2.07. The SMILES string of the molecule is OCc1nc(Cl)cc2cnn(-c3ccc(F)cc3)c12. The summed E-state index contributed by atoms with van der Waals surface area (Å²) in [5.74, 6) is -0.316. The van der Waals surface area contributed by atoms with Gasteiger partial charge in [0, 0.05) is 5.39 Å². The van der Waals surface area contributed by atoms with Gasteiger partial charge in [-0.2, -0.15) is 5.10 Å². The van der Waals surface area contributed by atoms with Crippen molar-refractivity contribution in [2.24, 2.45) is 0 Å². The van der Waals surface area contributed by atoms with Crippen molar-refractivity contribution in [1.82, 2.24) is 14.8 Å². The molecular weight excluding hydrogens is 269 g/mol. The van der Waals surface area contributed by atoms with Crippen molar-refractivity contribution in [1.29, 1.82) is 0 Å². The van der Waals surface area contributed by atoms with Crippen LogP contribution in [0, 0.1) is 5.82 Å². The number of rotatable bonds is 2. The van der Waals surface area contributed by atoms with E-state index in [2.05, 4.69) is 10.1 Å². The minimum absolute atomic E-state index is 0.246. The summed E-state index contributed by atoms with van der Waals surface area (Å²) in [6, 6.07) is 7.59. The first-order chi connectivity index (χ1) is 9.19. The minimum Gasteiger partial charge on any atom is -0.390 e. The molecule has 96 valence electrons. The lowest BCUT2D eigenvalue weighted by molar-refractivity contribution is 0.278. The largest absolute Gasteiger partial charge is 0.390 e. The lowest BCUT2D eigenvalue weighted by Gasteiger charge is -2.06. The molecule has 6 heteroatoms. The van der Waals surface area contributed by atoms with Crippen molar-refractivity contribution >= 4 is 22.5 Å². The fraction of sp³-hybridized carbons (Fsp3) is 0.0769. The molecule has 0 fully saturated rings. The highest BCUT2D eigenvalue weighted by Crippen LogP contribution is 2.24. The van der Waals surface area contributed by atoms with Crippen LogP contribution in [0.3, 0.4) is 0 Å². The molecule has 0 spiro atoms. The average molecular weight is 278 g/mol. The van der Waals surface area contributed by atoms with Gasteiger partial charge in [-0.3, -0.25) is 0 Å². The van der Waals surface area contributed by atoms with Gasteiger partial charge in [-0.15, -0.1) is 0 Å². The van der Waals surface area contributed by atoms with Gasteiger partial charge in [-0.05, 0) is 30.3 Å². The number of hydrogen-bond donors (Lipinski definition) is 1. The van der Waals surface area contributed by atoms with Crippen LogP contribution in [0.25, 0.3) is 16.6 Å². The van der Waals surface area contributed by atoms with E-state index in [-0.39, 0.29) is 12.4 Å². The molecule has 0 aliphatic carbocycles. The summed E-state index contributed by atoms with van der Waals surface area (Å²) in [6.07, 6.45) is 1.63. The van der Waals surface area contributed by atoms with Gasteiger partial charge in [-0.25, -0.2) is 14.1 Å². The second-order valence-electron chi connectivity index (χ2n) is 4.02. The molecule has 3 aromatic rings. The molecule has 0 unspecified atom stereocenters. The Morgan fingerprint density at radius 2 is 2.00 bits per heavy atom. The normalized spacial score (nSPS) is 11.1. The highest BCUT2D eigenvalue weighted by atomic mass is 35.5. The van der Waals surface area contributed by atoms with Gasteiger partial charge in [-0.1, -0.05) is 11.6 Å². The molecule has 2 heterocycles. The Morgan fingerprint density at radius 3 is 2.68 bits per heavy atom. The topological polar surface area (TPSA) is 50.9 Å². The molecule has 0 amide bonds. The van der Waals surface area contributed by atoms with Crippen molar-refractivity contribution in [3.8, 4) is 5.69 Å². The van der Waals surface area contributed by atoms with E-state index in [1.54, 1.807) is 29.1 Å². The van der Waals surface area contributed by atoms with Crippen molar-refractivity contribution in [3.63, 3.8) is 0 Å². The predicted octanol–water partition coefficient (Wildman–Crippen LogP) is 2.71. The summed E-state index contributed by atoms with van der Waals surface area (Å²) < 4.78 is 14.5. The monoisotopic (exact) mass is 277 g/mol. The molecule has 0 aliphatic heterocycles. The zero-order chi connectivity index (χ0) is 13.4. The molecule has 2 aromatic heterocycles.